The van der Waals surface area contributed by atoms with Crippen LogP contribution in [0.3, 0.4) is 0 Å². The molecule has 8 nitrogen and oxygen atoms in total. The van der Waals surface area contributed by atoms with Crippen molar-refractivity contribution in [2.75, 3.05) is 82.3 Å². The number of hydrogen-bond acceptors (Lipinski definition) is 8. The average molecular weight is 630 g/mol. The molecule has 0 amide bonds. The number of piperidine rings is 1. The van der Waals surface area contributed by atoms with Crippen molar-refractivity contribution >= 4 is 42.1 Å². The number of benzene rings is 2. The highest BCUT2D eigenvalue weighted by Gasteiger charge is 2.36. The SMILES string of the molecule is COc1cc(N2CCC(N3CCN(C)CC3)CC2)c(C)cc1Nc1ncc(C(F)(F)F)c(Nc2ccc(C)cc2P(C)C)n1. The van der Waals surface area contributed by atoms with Crippen molar-refractivity contribution in [3.63, 3.8) is 0 Å². The zero-order chi connectivity index (χ0) is 31.6. The Morgan fingerprint density at radius 2 is 1.64 bits per heavy atom. The highest BCUT2D eigenvalue weighted by atomic mass is 31.1. The Labute approximate surface area is 259 Å². The molecule has 44 heavy (non-hydrogen) atoms. The van der Waals surface area contributed by atoms with Gasteiger partial charge in [0.25, 0.3) is 0 Å². The van der Waals surface area contributed by atoms with Crippen molar-refractivity contribution in [3.8, 4) is 5.75 Å². The molecule has 0 bridgehead atoms. The number of nitrogens with zero attached hydrogens (tertiary/aromatic N) is 5. The Kier molecular flexibility index (Phi) is 9.87. The summed E-state index contributed by atoms with van der Waals surface area (Å²) in [4.78, 5) is 15.8. The van der Waals surface area contributed by atoms with Gasteiger partial charge in [0, 0.05) is 68.9 Å². The maximum absolute atomic E-state index is 14.0. The zero-order valence-corrected chi connectivity index (χ0v) is 27.3. The van der Waals surface area contributed by atoms with E-state index in [0.29, 0.717) is 23.2 Å². The summed E-state index contributed by atoms with van der Waals surface area (Å²) in [7, 11) is 3.20. The third-order valence-corrected chi connectivity index (χ3v) is 9.94. The van der Waals surface area contributed by atoms with E-state index in [1.54, 1.807) is 13.2 Å². The largest absolute Gasteiger partial charge is 0.494 e. The van der Waals surface area contributed by atoms with Crippen molar-refractivity contribution < 1.29 is 17.9 Å². The Hall–Kier alpha value is -3.14. The molecule has 0 spiro atoms. The molecule has 2 N–H and O–H groups in total. The van der Waals surface area contributed by atoms with Gasteiger partial charge in [-0.25, -0.2) is 4.98 Å². The second-order valence-electron chi connectivity index (χ2n) is 12.0. The fourth-order valence-electron chi connectivity index (χ4n) is 6.05. The lowest BCUT2D eigenvalue weighted by molar-refractivity contribution is -0.137. The summed E-state index contributed by atoms with van der Waals surface area (Å²) in [6.07, 6.45) is -1.57. The van der Waals surface area contributed by atoms with Crippen LogP contribution in [0.5, 0.6) is 5.75 Å². The second kappa shape index (κ2) is 13.5. The second-order valence-corrected chi connectivity index (χ2v) is 14.3. The first-order valence-electron chi connectivity index (χ1n) is 15.1. The fraction of sp³-hybridized carbons (Fsp3) is 0.500. The van der Waals surface area contributed by atoms with Gasteiger partial charge in [-0.1, -0.05) is 19.6 Å². The van der Waals surface area contributed by atoms with Crippen LogP contribution in [-0.2, 0) is 6.18 Å². The van der Waals surface area contributed by atoms with Gasteiger partial charge in [0.2, 0.25) is 5.95 Å². The number of hydrogen-bond donors (Lipinski definition) is 2. The molecule has 2 saturated heterocycles. The monoisotopic (exact) mass is 629 g/mol. The summed E-state index contributed by atoms with van der Waals surface area (Å²) in [5.41, 5.74) is 3.46. The Morgan fingerprint density at radius 1 is 0.932 bits per heavy atom. The third kappa shape index (κ3) is 7.38. The van der Waals surface area contributed by atoms with E-state index in [4.69, 9.17) is 4.74 Å². The number of likely N-dealkylation sites (N-methyl/N-ethyl adjacent to an activating group) is 1. The summed E-state index contributed by atoms with van der Waals surface area (Å²) in [6, 6.07) is 10.3. The molecule has 2 fully saturated rings. The predicted octanol–water partition coefficient (Wildman–Crippen LogP) is 6.19. The van der Waals surface area contributed by atoms with E-state index in [9.17, 15) is 13.2 Å². The number of aryl methyl sites for hydroxylation is 2. The number of rotatable bonds is 8. The van der Waals surface area contributed by atoms with Crippen molar-refractivity contribution in [3.05, 3.63) is 53.2 Å². The fourth-order valence-corrected chi connectivity index (χ4v) is 7.13. The summed E-state index contributed by atoms with van der Waals surface area (Å²) in [5, 5.41) is 7.06. The number of ether oxygens (including phenoxy) is 1. The van der Waals surface area contributed by atoms with Gasteiger partial charge in [-0.15, -0.1) is 0 Å². The van der Waals surface area contributed by atoms with Gasteiger partial charge in [0.1, 0.15) is 17.1 Å². The summed E-state index contributed by atoms with van der Waals surface area (Å²) in [6.45, 7) is 14.6. The predicted molar refractivity (Wildman–Crippen MR) is 175 cm³/mol. The normalized spacial score (nSPS) is 17.3. The zero-order valence-electron chi connectivity index (χ0n) is 26.4. The molecule has 3 aromatic rings. The van der Waals surface area contributed by atoms with E-state index in [1.807, 2.05) is 38.1 Å². The molecular formula is C32H43F3N7OP. The van der Waals surface area contributed by atoms with Gasteiger partial charge in [-0.2, -0.15) is 18.2 Å². The minimum atomic E-state index is -4.62. The maximum atomic E-state index is 14.0. The topological polar surface area (TPSA) is 68.8 Å². The number of piperazine rings is 1. The van der Waals surface area contributed by atoms with Gasteiger partial charge in [-0.3, -0.25) is 4.90 Å². The van der Waals surface area contributed by atoms with Crippen molar-refractivity contribution in [1.82, 2.24) is 19.8 Å². The molecule has 0 unspecified atom stereocenters. The van der Waals surface area contributed by atoms with Crippen LogP contribution in [0, 0.1) is 13.8 Å². The number of halogens is 3. The molecule has 2 aliphatic rings. The van der Waals surface area contributed by atoms with Gasteiger partial charge in [0.15, 0.2) is 0 Å². The van der Waals surface area contributed by atoms with Crippen LogP contribution in [0.2, 0.25) is 0 Å². The van der Waals surface area contributed by atoms with E-state index in [0.717, 1.165) is 80.4 Å². The van der Waals surface area contributed by atoms with Gasteiger partial charge < -0.3 is 25.2 Å². The molecular weight excluding hydrogens is 586 g/mol. The van der Waals surface area contributed by atoms with E-state index < -0.39 is 19.7 Å². The van der Waals surface area contributed by atoms with Gasteiger partial charge in [0.05, 0.1) is 12.8 Å². The van der Waals surface area contributed by atoms with Crippen molar-refractivity contribution in [2.24, 2.45) is 0 Å². The Balaban J connectivity index is 1.36. The molecule has 5 rings (SSSR count). The molecule has 1 aromatic heterocycles. The molecule has 3 heterocycles. The molecule has 12 heteroatoms. The molecule has 0 radical (unpaired) electrons. The number of aromatic nitrogens is 2. The summed E-state index contributed by atoms with van der Waals surface area (Å²) < 4.78 is 47.8. The quantitative estimate of drug-likeness (QED) is 0.286. The number of methoxy groups -OCH3 is 1. The van der Waals surface area contributed by atoms with Crippen LogP contribution in [0.1, 0.15) is 29.5 Å². The molecule has 0 atom stereocenters. The average Bonchev–Trinajstić information content (AvgIpc) is 2.98. The lowest BCUT2D eigenvalue weighted by atomic mass is 10.0. The number of anilines is 5. The Morgan fingerprint density at radius 3 is 2.27 bits per heavy atom. The van der Waals surface area contributed by atoms with E-state index in [-0.39, 0.29) is 11.8 Å². The molecule has 0 saturated carbocycles. The van der Waals surface area contributed by atoms with Crippen LogP contribution < -0.4 is 25.6 Å². The van der Waals surface area contributed by atoms with Gasteiger partial charge in [-0.05, 0) is 76.1 Å². The summed E-state index contributed by atoms with van der Waals surface area (Å²) >= 11 is 0. The highest BCUT2D eigenvalue weighted by molar-refractivity contribution is 7.64. The smallest absolute Gasteiger partial charge is 0.421 e. The minimum Gasteiger partial charge on any atom is -0.494 e. The van der Waals surface area contributed by atoms with E-state index in [2.05, 4.69) is 55.7 Å². The standard InChI is InChI=1S/C32H43F3N7OP/c1-21-7-8-25(29(17-21)44(5)6)37-30-24(32(33,34)35)20-36-31(39-30)38-26-18-22(2)27(19-28(26)43-4)42-11-9-23(10-12-42)41-15-13-40(3)14-16-41/h7-8,17-20,23H,9-16H2,1-6H3,(H2,36,37,38,39). The molecule has 238 valence electrons. The van der Waals surface area contributed by atoms with Crippen LogP contribution in [0.25, 0.3) is 0 Å². The minimum absolute atomic E-state index is 0.0443. The van der Waals surface area contributed by atoms with Crippen molar-refractivity contribution in [1.29, 1.82) is 0 Å². The lowest BCUT2D eigenvalue weighted by Crippen LogP contribution is -2.52. The van der Waals surface area contributed by atoms with E-state index in [1.165, 1.54) is 0 Å². The first kappa shape index (κ1) is 32.3. The Bertz CT molecular complexity index is 1450. The number of alkyl halides is 3. The molecule has 2 aromatic carbocycles. The highest BCUT2D eigenvalue weighted by Crippen LogP contribution is 2.39. The first-order chi connectivity index (χ1) is 20.9. The third-order valence-electron chi connectivity index (χ3n) is 8.61. The number of nitrogens with one attached hydrogen (secondary N) is 2. The van der Waals surface area contributed by atoms with Crippen LogP contribution in [0.4, 0.5) is 42.0 Å². The lowest BCUT2D eigenvalue weighted by Gasteiger charge is -2.43. The maximum Gasteiger partial charge on any atom is 0.421 e. The first-order valence-corrected chi connectivity index (χ1v) is 17.3. The summed E-state index contributed by atoms with van der Waals surface area (Å²) in [5.74, 6) is 0.323. The van der Waals surface area contributed by atoms with Crippen LogP contribution >= 0.6 is 7.92 Å². The van der Waals surface area contributed by atoms with Crippen LogP contribution in [0.15, 0.2) is 36.5 Å². The van der Waals surface area contributed by atoms with Crippen molar-refractivity contribution in [2.45, 2.75) is 38.9 Å². The van der Waals surface area contributed by atoms with E-state index >= 15 is 0 Å². The molecule has 0 aliphatic carbocycles. The van der Waals surface area contributed by atoms with Crippen LogP contribution in [-0.4, -0.2) is 92.6 Å². The van der Waals surface area contributed by atoms with Gasteiger partial charge >= 0.3 is 6.18 Å². The molecule has 2 aliphatic heterocycles.